The van der Waals surface area contributed by atoms with Crippen LogP contribution in [0.3, 0.4) is 0 Å². The molecule has 0 aromatic carbocycles. The Kier molecular flexibility index (Phi) is 4.92. The fraction of sp³-hybridized carbons (Fsp3) is 0.545. The number of nitrogens with zero attached hydrogens (tertiary/aromatic N) is 1. The van der Waals surface area contributed by atoms with Gasteiger partial charge in [0.05, 0.1) is 5.60 Å². The molecule has 1 aromatic heterocycles. The number of aliphatic hydroxyl groups is 1. The Morgan fingerprint density at radius 1 is 1.39 bits per heavy atom. The quantitative estimate of drug-likeness (QED) is 0.768. The Bertz CT molecular complexity index is 414. The summed E-state index contributed by atoms with van der Waals surface area (Å²) in [7, 11) is 1.49. The Hall–Kier alpha value is -1.34. The maximum Gasteiger partial charge on any atom is 0.251 e. The van der Waals surface area contributed by atoms with Crippen LogP contribution in [0.4, 0.5) is 19.0 Å². The van der Waals surface area contributed by atoms with Gasteiger partial charge in [-0.2, -0.15) is 9.37 Å². The summed E-state index contributed by atoms with van der Waals surface area (Å²) < 4.78 is 43.5. The summed E-state index contributed by atoms with van der Waals surface area (Å²) in [5, 5.41) is 12.3. The molecule has 0 spiro atoms. The van der Waals surface area contributed by atoms with E-state index < -0.39 is 29.0 Å². The summed E-state index contributed by atoms with van der Waals surface area (Å²) in [6, 6.07) is 0.397. The number of hydrogen-bond donors (Lipinski definition) is 2. The van der Waals surface area contributed by atoms with Crippen LogP contribution in [0.15, 0.2) is 6.07 Å². The second-order valence-corrected chi connectivity index (χ2v) is 4.18. The molecule has 1 rings (SSSR count). The van der Waals surface area contributed by atoms with E-state index in [0.29, 0.717) is 19.1 Å². The van der Waals surface area contributed by atoms with E-state index in [0.717, 1.165) is 0 Å². The van der Waals surface area contributed by atoms with Gasteiger partial charge in [0.1, 0.15) is 0 Å². The van der Waals surface area contributed by atoms with Crippen molar-refractivity contribution < 1.29 is 23.0 Å². The fourth-order valence-corrected chi connectivity index (χ4v) is 1.25. The average molecular weight is 264 g/mol. The van der Waals surface area contributed by atoms with Gasteiger partial charge >= 0.3 is 0 Å². The minimum Gasteiger partial charge on any atom is -0.388 e. The highest BCUT2D eigenvalue weighted by Crippen LogP contribution is 2.16. The van der Waals surface area contributed by atoms with Crippen LogP contribution in [0.25, 0.3) is 0 Å². The Morgan fingerprint density at radius 2 is 2.06 bits per heavy atom. The largest absolute Gasteiger partial charge is 0.388 e. The van der Waals surface area contributed by atoms with Crippen molar-refractivity contribution >= 4 is 5.82 Å². The summed E-state index contributed by atoms with van der Waals surface area (Å²) in [6.45, 7) is 1.77. The zero-order chi connectivity index (χ0) is 13.8. The molecule has 1 heterocycles. The molecule has 102 valence electrons. The first-order valence-electron chi connectivity index (χ1n) is 5.32. The van der Waals surface area contributed by atoms with Gasteiger partial charge in [0.15, 0.2) is 17.5 Å². The van der Waals surface area contributed by atoms with Crippen LogP contribution in [0.5, 0.6) is 0 Å². The highest BCUT2D eigenvalue weighted by atomic mass is 19.2. The first-order valence-corrected chi connectivity index (χ1v) is 5.32. The maximum atomic E-state index is 13.2. The molecule has 1 unspecified atom stereocenters. The van der Waals surface area contributed by atoms with E-state index in [1.807, 2.05) is 0 Å². The number of nitrogens with one attached hydrogen (secondary N) is 1. The molecule has 18 heavy (non-hydrogen) atoms. The molecule has 0 aliphatic heterocycles. The molecule has 4 nitrogen and oxygen atoms in total. The lowest BCUT2D eigenvalue weighted by atomic mass is 10.0. The second kappa shape index (κ2) is 6.01. The van der Waals surface area contributed by atoms with Crippen LogP contribution >= 0.6 is 0 Å². The molecule has 0 bridgehead atoms. The molecule has 0 saturated heterocycles. The number of rotatable bonds is 6. The van der Waals surface area contributed by atoms with Gasteiger partial charge in [0.25, 0.3) is 5.95 Å². The Morgan fingerprint density at radius 3 is 2.67 bits per heavy atom. The minimum absolute atomic E-state index is 0.0641. The van der Waals surface area contributed by atoms with Crippen LogP contribution in [0.2, 0.25) is 0 Å². The van der Waals surface area contributed by atoms with E-state index in [9.17, 15) is 18.3 Å². The van der Waals surface area contributed by atoms with Crippen molar-refractivity contribution in [2.45, 2.75) is 18.9 Å². The fourth-order valence-electron chi connectivity index (χ4n) is 1.25. The minimum atomic E-state index is -1.39. The molecular weight excluding hydrogens is 249 g/mol. The van der Waals surface area contributed by atoms with Gasteiger partial charge in [-0.3, -0.25) is 0 Å². The van der Waals surface area contributed by atoms with Gasteiger partial charge in [0, 0.05) is 32.7 Å². The summed E-state index contributed by atoms with van der Waals surface area (Å²) in [4.78, 5) is 3.09. The van der Waals surface area contributed by atoms with Crippen molar-refractivity contribution in [3.63, 3.8) is 0 Å². The van der Waals surface area contributed by atoms with Gasteiger partial charge in [-0.1, -0.05) is 0 Å². The number of hydrogen-bond acceptors (Lipinski definition) is 4. The van der Waals surface area contributed by atoms with Gasteiger partial charge in [-0.15, -0.1) is 0 Å². The van der Waals surface area contributed by atoms with E-state index >= 15 is 0 Å². The van der Waals surface area contributed by atoms with Crippen LogP contribution in [-0.4, -0.2) is 36.0 Å². The van der Waals surface area contributed by atoms with Crippen molar-refractivity contribution in [1.29, 1.82) is 0 Å². The number of pyridine rings is 1. The standard InChI is InChI=1S/C11H15F3N2O2/c1-11(17,3-4-18-2)6-15-10-8(13)5-7(12)9(14)16-10/h5,17H,3-4,6H2,1-2H3,(H,15,16). The predicted octanol–water partition coefficient (Wildman–Crippen LogP) is 1.70. The van der Waals surface area contributed by atoms with Gasteiger partial charge < -0.3 is 15.2 Å². The predicted molar refractivity (Wildman–Crippen MR) is 59.7 cm³/mol. The molecule has 2 N–H and O–H groups in total. The van der Waals surface area contributed by atoms with Crippen LogP contribution in [-0.2, 0) is 4.74 Å². The zero-order valence-corrected chi connectivity index (χ0v) is 10.1. The van der Waals surface area contributed by atoms with Crippen molar-refractivity contribution in [3.8, 4) is 0 Å². The maximum absolute atomic E-state index is 13.2. The highest BCUT2D eigenvalue weighted by molar-refractivity contribution is 5.36. The molecular formula is C11H15F3N2O2. The van der Waals surface area contributed by atoms with Crippen LogP contribution < -0.4 is 5.32 Å². The average Bonchev–Trinajstić information content (AvgIpc) is 2.30. The second-order valence-electron chi connectivity index (χ2n) is 4.18. The molecule has 0 amide bonds. The van der Waals surface area contributed by atoms with Crippen molar-refractivity contribution in [1.82, 2.24) is 4.98 Å². The van der Waals surface area contributed by atoms with Crippen molar-refractivity contribution in [2.75, 3.05) is 25.6 Å². The number of methoxy groups -OCH3 is 1. The van der Waals surface area contributed by atoms with E-state index in [-0.39, 0.29) is 6.54 Å². The summed E-state index contributed by atoms with van der Waals surface area (Å²) >= 11 is 0. The summed E-state index contributed by atoms with van der Waals surface area (Å²) in [6.07, 6.45) is 0.307. The van der Waals surface area contributed by atoms with Crippen LogP contribution in [0.1, 0.15) is 13.3 Å². The normalized spacial score (nSPS) is 14.3. The van der Waals surface area contributed by atoms with Crippen LogP contribution in [0, 0.1) is 17.6 Å². The van der Waals surface area contributed by atoms with Crippen molar-refractivity contribution in [3.05, 3.63) is 23.6 Å². The van der Waals surface area contributed by atoms with E-state index in [4.69, 9.17) is 4.74 Å². The molecule has 1 aromatic rings. The highest BCUT2D eigenvalue weighted by Gasteiger charge is 2.21. The lowest BCUT2D eigenvalue weighted by Crippen LogP contribution is -2.35. The molecule has 0 saturated carbocycles. The first kappa shape index (κ1) is 14.7. The van der Waals surface area contributed by atoms with E-state index in [1.165, 1.54) is 14.0 Å². The number of anilines is 1. The molecule has 0 fully saturated rings. The summed E-state index contributed by atoms with van der Waals surface area (Å²) in [5.74, 6) is -4.21. The zero-order valence-electron chi connectivity index (χ0n) is 10.1. The number of aromatic nitrogens is 1. The molecule has 0 radical (unpaired) electrons. The third kappa shape index (κ3) is 4.15. The lowest BCUT2D eigenvalue weighted by Gasteiger charge is -2.23. The van der Waals surface area contributed by atoms with E-state index in [2.05, 4.69) is 10.3 Å². The van der Waals surface area contributed by atoms with Gasteiger partial charge in [0.2, 0.25) is 0 Å². The Balaban J connectivity index is 2.66. The molecule has 7 heteroatoms. The Labute approximate surface area is 103 Å². The molecule has 1 atom stereocenters. The monoisotopic (exact) mass is 264 g/mol. The number of halogens is 3. The third-order valence-corrected chi connectivity index (χ3v) is 2.37. The molecule has 0 aliphatic carbocycles. The summed E-state index contributed by atoms with van der Waals surface area (Å²) in [5.41, 5.74) is -1.17. The lowest BCUT2D eigenvalue weighted by molar-refractivity contribution is 0.0356. The third-order valence-electron chi connectivity index (χ3n) is 2.37. The SMILES string of the molecule is COCCC(C)(O)CNc1nc(F)c(F)cc1F. The van der Waals surface area contributed by atoms with Gasteiger partial charge in [-0.05, 0) is 6.92 Å². The van der Waals surface area contributed by atoms with E-state index in [1.54, 1.807) is 0 Å². The number of ether oxygens (including phenoxy) is 1. The van der Waals surface area contributed by atoms with Gasteiger partial charge in [-0.25, -0.2) is 8.78 Å². The van der Waals surface area contributed by atoms with Crippen molar-refractivity contribution in [2.24, 2.45) is 0 Å². The first-order chi connectivity index (χ1) is 8.35. The molecule has 0 aliphatic rings. The topological polar surface area (TPSA) is 54.4 Å². The smallest absolute Gasteiger partial charge is 0.251 e.